The first kappa shape index (κ1) is 17.5. The third-order valence-corrected chi connectivity index (χ3v) is 3.85. The number of aryl methyl sites for hydroxylation is 1. The maximum absolute atomic E-state index is 10.3. The maximum atomic E-state index is 10.3. The van der Waals surface area contributed by atoms with Crippen LogP contribution in [0.1, 0.15) is 24.5 Å². The van der Waals surface area contributed by atoms with Crippen LogP contribution in [0, 0.1) is 6.92 Å². The monoisotopic (exact) mass is 313 g/mol. The van der Waals surface area contributed by atoms with Crippen LogP contribution in [0.15, 0.2) is 54.6 Å². The van der Waals surface area contributed by atoms with Crippen LogP contribution in [-0.4, -0.2) is 35.8 Å². The van der Waals surface area contributed by atoms with Gasteiger partial charge in [-0.05, 0) is 43.1 Å². The lowest BCUT2D eigenvalue weighted by molar-refractivity contribution is 0.0655. The van der Waals surface area contributed by atoms with Crippen molar-refractivity contribution in [1.29, 1.82) is 0 Å². The van der Waals surface area contributed by atoms with E-state index >= 15 is 0 Å². The van der Waals surface area contributed by atoms with Crippen LogP contribution in [0.2, 0.25) is 0 Å². The van der Waals surface area contributed by atoms with Crippen molar-refractivity contribution in [3.05, 3.63) is 65.7 Å². The van der Waals surface area contributed by atoms with Crippen LogP contribution in [0.5, 0.6) is 5.75 Å². The molecule has 0 bridgehead atoms. The molecule has 0 heterocycles. The Labute approximate surface area is 139 Å². The molecular formula is C20H27NO2. The highest BCUT2D eigenvalue weighted by molar-refractivity contribution is 5.25. The van der Waals surface area contributed by atoms with E-state index in [1.54, 1.807) is 0 Å². The van der Waals surface area contributed by atoms with Gasteiger partial charge in [0, 0.05) is 13.1 Å². The molecule has 0 amide bonds. The molecular weight excluding hydrogens is 286 g/mol. The van der Waals surface area contributed by atoms with Gasteiger partial charge in [-0.15, -0.1) is 0 Å². The zero-order valence-corrected chi connectivity index (χ0v) is 14.1. The molecule has 2 aromatic carbocycles. The van der Waals surface area contributed by atoms with Gasteiger partial charge < -0.3 is 9.84 Å². The van der Waals surface area contributed by atoms with E-state index in [0.29, 0.717) is 13.2 Å². The van der Waals surface area contributed by atoms with Crippen molar-refractivity contribution in [2.45, 2.75) is 32.9 Å². The molecule has 0 saturated carbocycles. The van der Waals surface area contributed by atoms with Gasteiger partial charge in [-0.2, -0.15) is 0 Å². The molecule has 0 saturated heterocycles. The van der Waals surface area contributed by atoms with Gasteiger partial charge in [0.1, 0.15) is 18.5 Å². The van der Waals surface area contributed by atoms with E-state index < -0.39 is 6.10 Å². The second kappa shape index (κ2) is 9.33. The average molecular weight is 313 g/mol. The minimum Gasteiger partial charge on any atom is -0.491 e. The van der Waals surface area contributed by atoms with Gasteiger partial charge >= 0.3 is 0 Å². The Morgan fingerprint density at radius 3 is 2.43 bits per heavy atom. The number of rotatable bonds is 9. The smallest absolute Gasteiger partial charge is 0.119 e. The Bertz CT molecular complexity index is 571. The van der Waals surface area contributed by atoms with E-state index in [1.165, 1.54) is 11.1 Å². The van der Waals surface area contributed by atoms with Crippen LogP contribution < -0.4 is 4.74 Å². The summed E-state index contributed by atoms with van der Waals surface area (Å²) in [4.78, 5) is 2.29. The lowest BCUT2D eigenvalue weighted by atomic mass is 10.1. The molecule has 3 heteroatoms. The minimum absolute atomic E-state index is 0.317. The summed E-state index contributed by atoms with van der Waals surface area (Å²) >= 11 is 0. The predicted molar refractivity (Wildman–Crippen MR) is 94.7 cm³/mol. The third-order valence-electron chi connectivity index (χ3n) is 3.85. The minimum atomic E-state index is -0.495. The van der Waals surface area contributed by atoms with E-state index in [0.717, 1.165) is 25.3 Å². The average Bonchev–Trinajstić information content (AvgIpc) is 2.56. The van der Waals surface area contributed by atoms with Crippen LogP contribution >= 0.6 is 0 Å². The molecule has 0 fully saturated rings. The fourth-order valence-corrected chi connectivity index (χ4v) is 2.64. The summed E-state index contributed by atoms with van der Waals surface area (Å²) in [6.45, 7) is 7.07. The van der Waals surface area contributed by atoms with E-state index in [1.807, 2.05) is 30.3 Å². The lowest BCUT2D eigenvalue weighted by Gasteiger charge is -2.25. The molecule has 1 atom stereocenters. The van der Waals surface area contributed by atoms with Crippen LogP contribution in [0.3, 0.4) is 0 Å². The number of benzene rings is 2. The molecule has 1 unspecified atom stereocenters. The molecule has 23 heavy (non-hydrogen) atoms. The summed E-state index contributed by atoms with van der Waals surface area (Å²) in [5.74, 6) is 0.799. The number of aliphatic hydroxyl groups excluding tert-OH is 1. The van der Waals surface area contributed by atoms with Crippen molar-refractivity contribution >= 4 is 0 Å². The molecule has 2 aromatic rings. The first-order valence-corrected chi connectivity index (χ1v) is 8.31. The maximum Gasteiger partial charge on any atom is 0.119 e. The van der Waals surface area contributed by atoms with Gasteiger partial charge in [-0.3, -0.25) is 4.90 Å². The standard InChI is InChI=1S/C20H27NO2/c1-3-13-21(14-18-10-8-7-9-17(18)2)15-19(22)16-23-20-11-5-4-6-12-20/h4-12,19,22H,3,13-16H2,1-2H3. The molecule has 0 radical (unpaired) electrons. The number of ether oxygens (including phenoxy) is 1. The van der Waals surface area contributed by atoms with Gasteiger partial charge in [0.05, 0.1) is 0 Å². The van der Waals surface area contributed by atoms with Crippen molar-refractivity contribution < 1.29 is 9.84 Å². The second-order valence-corrected chi connectivity index (χ2v) is 5.94. The first-order chi connectivity index (χ1) is 11.2. The fourth-order valence-electron chi connectivity index (χ4n) is 2.64. The largest absolute Gasteiger partial charge is 0.491 e. The highest BCUT2D eigenvalue weighted by atomic mass is 16.5. The van der Waals surface area contributed by atoms with Crippen molar-refractivity contribution in [2.24, 2.45) is 0 Å². The SMILES string of the molecule is CCCN(Cc1ccccc1C)CC(O)COc1ccccc1. The molecule has 3 nitrogen and oxygen atoms in total. The van der Waals surface area contributed by atoms with Gasteiger partial charge in [-0.25, -0.2) is 0 Å². The highest BCUT2D eigenvalue weighted by Gasteiger charge is 2.13. The van der Waals surface area contributed by atoms with Crippen LogP contribution in [-0.2, 0) is 6.54 Å². The van der Waals surface area contributed by atoms with E-state index in [2.05, 4.69) is 43.0 Å². The van der Waals surface area contributed by atoms with Gasteiger partial charge in [0.2, 0.25) is 0 Å². The quantitative estimate of drug-likeness (QED) is 0.767. The van der Waals surface area contributed by atoms with E-state index in [9.17, 15) is 5.11 Å². The third kappa shape index (κ3) is 6.05. The summed E-state index contributed by atoms with van der Waals surface area (Å²) in [6, 6.07) is 18.1. The van der Waals surface area contributed by atoms with Gasteiger partial charge in [0.25, 0.3) is 0 Å². The van der Waals surface area contributed by atoms with Gasteiger partial charge in [0.15, 0.2) is 0 Å². The molecule has 0 spiro atoms. The number of hydrogen-bond donors (Lipinski definition) is 1. The topological polar surface area (TPSA) is 32.7 Å². The fraction of sp³-hybridized carbons (Fsp3) is 0.400. The first-order valence-electron chi connectivity index (χ1n) is 8.31. The summed E-state index contributed by atoms with van der Waals surface area (Å²) in [7, 11) is 0. The van der Waals surface area contributed by atoms with Crippen molar-refractivity contribution in [1.82, 2.24) is 4.90 Å². The van der Waals surface area contributed by atoms with Crippen molar-refractivity contribution in [3.63, 3.8) is 0 Å². The lowest BCUT2D eigenvalue weighted by Crippen LogP contribution is -2.36. The van der Waals surface area contributed by atoms with Gasteiger partial charge in [-0.1, -0.05) is 49.4 Å². The molecule has 0 aliphatic heterocycles. The molecule has 0 aliphatic rings. The Morgan fingerprint density at radius 2 is 1.74 bits per heavy atom. The Kier molecular flexibility index (Phi) is 7.11. The zero-order valence-electron chi connectivity index (χ0n) is 14.1. The Balaban J connectivity index is 1.87. The summed E-state index contributed by atoms with van der Waals surface area (Å²) in [5, 5.41) is 10.3. The van der Waals surface area contributed by atoms with Crippen LogP contribution in [0.25, 0.3) is 0 Å². The molecule has 124 valence electrons. The summed E-state index contributed by atoms with van der Waals surface area (Å²) < 4.78 is 5.64. The number of nitrogens with zero attached hydrogens (tertiary/aromatic N) is 1. The molecule has 0 aliphatic carbocycles. The molecule has 2 rings (SSSR count). The number of hydrogen-bond acceptors (Lipinski definition) is 3. The summed E-state index contributed by atoms with van der Waals surface area (Å²) in [5.41, 5.74) is 2.61. The Hall–Kier alpha value is -1.84. The van der Waals surface area contributed by atoms with Crippen molar-refractivity contribution in [3.8, 4) is 5.75 Å². The number of para-hydroxylation sites is 1. The Morgan fingerprint density at radius 1 is 1.04 bits per heavy atom. The van der Waals surface area contributed by atoms with Crippen LogP contribution in [0.4, 0.5) is 0 Å². The summed E-state index contributed by atoms with van der Waals surface area (Å²) in [6.07, 6.45) is 0.573. The van der Waals surface area contributed by atoms with E-state index in [4.69, 9.17) is 4.74 Å². The normalized spacial score (nSPS) is 12.3. The predicted octanol–water partition coefficient (Wildman–Crippen LogP) is 3.65. The highest BCUT2D eigenvalue weighted by Crippen LogP contribution is 2.12. The molecule has 0 aromatic heterocycles. The number of aliphatic hydroxyl groups is 1. The molecule has 1 N–H and O–H groups in total. The van der Waals surface area contributed by atoms with E-state index in [-0.39, 0.29) is 0 Å². The second-order valence-electron chi connectivity index (χ2n) is 5.94. The van der Waals surface area contributed by atoms with Crippen molar-refractivity contribution in [2.75, 3.05) is 19.7 Å². The zero-order chi connectivity index (χ0) is 16.5.